The summed E-state index contributed by atoms with van der Waals surface area (Å²) in [5, 5.41) is 12.5. The second kappa shape index (κ2) is 5.86. The van der Waals surface area contributed by atoms with Crippen LogP contribution in [0.3, 0.4) is 0 Å². The predicted octanol–water partition coefficient (Wildman–Crippen LogP) is 3.51. The van der Waals surface area contributed by atoms with Crippen LogP contribution < -0.4 is 5.32 Å². The summed E-state index contributed by atoms with van der Waals surface area (Å²) in [6, 6.07) is 7.22. The van der Waals surface area contributed by atoms with Gasteiger partial charge in [0, 0.05) is 11.5 Å². The van der Waals surface area contributed by atoms with E-state index < -0.39 is 5.41 Å². The lowest BCUT2D eigenvalue weighted by Crippen LogP contribution is -2.48. The first-order valence-electron chi connectivity index (χ1n) is 7.09. The fourth-order valence-corrected chi connectivity index (χ4v) is 1.82. The topological polar surface area (TPSA) is 49.3 Å². The number of nitrogens with one attached hydrogen (secondary N) is 1. The molecule has 1 aromatic rings. The molecular formula is C17H27NO2. The van der Waals surface area contributed by atoms with E-state index in [1.807, 2.05) is 32.9 Å². The summed E-state index contributed by atoms with van der Waals surface area (Å²) in [4.78, 5) is 12.2. The number of hydrogen-bond acceptors (Lipinski definition) is 2. The van der Waals surface area contributed by atoms with Crippen LogP contribution in [0, 0.1) is 10.8 Å². The number of carbonyl (C=O) groups is 1. The Morgan fingerprint density at radius 1 is 1.10 bits per heavy atom. The smallest absolute Gasteiger partial charge is 0.225 e. The monoisotopic (exact) mass is 277 g/mol. The zero-order valence-electron chi connectivity index (χ0n) is 13.4. The van der Waals surface area contributed by atoms with E-state index in [0.29, 0.717) is 0 Å². The van der Waals surface area contributed by atoms with E-state index >= 15 is 0 Å². The Balaban J connectivity index is 2.86. The van der Waals surface area contributed by atoms with Gasteiger partial charge >= 0.3 is 0 Å². The summed E-state index contributed by atoms with van der Waals surface area (Å²) in [7, 11) is 0. The van der Waals surface area contributed by atoms with E-state index in [0.717, 1.165) is 12.0 Å². The number of hydrogen-bond donors (Lipinski definition) is 2. The van der Waals surface area contributed by atoms with E-state index in [1.54, 1.807) is 12.1 Å². The molecule has 0 aromatic heterocycles. The van der Waals surface area contributed by atoms with Crippen molar-refractivity contribution in [2.24, 2.45) is 10.8 Å². The number of aromatic hydroxyl groups is 1. The van der Waals surface area contributed by atoms with E-state index in [4.69, 9.17) is 0 Å². The van der Waals surface area contributed by atoms with Gasteiger partial charge < -0.3 is 10.4 Å². The van der Waals surface area contributed by atoms with Gasteiger partial charge in [-0.05, 0) is 29.5 Å². The molecule has 0 saturated heterocycles. The van der Waals surface area contributed by atoms with Gasteiger partial charge in [-0.2, -0.15) is 0 Å². The molecule has 0 aliphatic carbocycles. The molecule has 0 aliphatic rings. The largest absolute Gasteiger partial charge is 0.508 e. The van der Waals surface area contributed by atoms with Crippen molar-refractivity contribution in [3.8, 4) is 5.75 Å². The highest BCUT2D eigenvalue weighted by molar-refractivity contribution is 5.81. The summed E-state index contributed by atoms with van der Waals surface area (Å²) < 4.78 is 0. The molecule has 0 spiro atoms. The van der Waals surface area contributed by atoms with Crippen molar-refractivity contribution >= 4 is 5.91 Å². The SMILES string of the molecule is CC(C)(C)C(=O)NC(Cc1ccc(O)cc1)C(C)(C)C. The van der Waals surface area contributed by atoms with Crippen LogP contribution >= 0.6 is 0 Å². The minimum Gasteiger partial charge on any atom is -0.508 e. The fourth-order valence-electron chi connectivity index (χ4n) is 1.82. The van der Waals surface area contributed by atoms with Gasteiger partial charge in [0.05, 0.1) is 0 Å². The summed E-state index contributed by atoms with van der Waals surface area (Å²) >= 11 is 0. The highest BCUT2D eigenvalue weighted by atomic mass is 16.3. The molecule has 112 valence electrons. The Morgan fingerprint density at radius 2 is 1.60 bits per heavy atom. The van der Waals surface area contributed by atoms with Crippen LogP contribution in [0.1, 0.15) is 47.1 Å². The minimum atomic E-state index is -0.390. The Bertz CT molecular complexity index is 449. The number of rotatable bonds is 3. The number of phenolic OH excluding ortho intramolecular Hbond substituents is 1. The lowest BCUT2D eigenvalue weighted by atomic mass is 9.82. The molecule has 3 heteroatoms. The lowest BCUT2D eigenvalue weighted by Gasteiger charge is -2.34. The van der Waals surface area contributed by atoms with Gasteiger partial charge in [0.25, 0.3) is 0 Å². The molecule has 0 saturated carbocycles. The maximum atomic E-state index is 12.2. The molecule has 20 heavy (non-hydrogen) atoms. The van der Waals surface area contributed by atoms with Crippen LogP contribution in [0.4, 0.5) is 0 Å². The molecule has 1 amide bonds. The third-order valence-corrected chi connectivity index (χ3v) is 3.41. The van der Waals surface area contributed by atoms with Crippen molar-refractivity contribution in [2.45, 2.75) is 54.0 Å². The van der Waals surface area contributed by atoms with Crippen molar-refractivity contribution < 1.29 is 9.90 Å². The van der Waals surface area contributed by atoms with Gasteiger partial charge in [0.2, 0.25) is 5.91 Å². The second-order valence-electron chi connectivity index (χ2n) is 7.51. The van der Waals surface area contributed by atoms with Crippen molar-refractivity contribution in [3.05, 3.63) is 29.8 Å². The maximum absolute atomic E-state index is 12.2. The fraction of sp³-hybridized carbons (Fsp3) is 0.588. The first-order chi connectivity index (χ1) is 9.00. The molecule has 0 fully saturated rings. The Morgan fingerprint density at radius 3 is 2.00 bits per heavy atom. The average molecular weight is 277 g/mol. The van der Waals surface area contributed by atoms with E-state index in [-0.39, 0.29) is 23.1 Å². The number of amides is 1. The predicted molar refractivity (Wildman–Crippen MR) is 82.7 cm³/mol. The third-order valence-electron chi connectivity index (χ3n) is 3.41. The molecule has 0 aliphatic heterocycles. The van der Waals surface area contributed by atoms with Crippen LogP contribution in [0.5, 0.6) is 5.75 Å². The second-order valence-corrected chi connectivity index (χ2v) is 7.51. The highest BCUT2D eigenvalue weighted by Crippen LogP contribution is 2.25. The Hall–Kier alpha value is -1.51. The van der Waals surface area contributed by atoms with E-state index in [2.05, 4.69) is 26.1 Å². The first kappa shape index (κ1) is 16.5. The number of phenols is 1. The van der Waals surface area contributed by atoms with Crippen LogP contribution in [0.15, 0.2) is 24.3 Å². The van der Waals surface area contributed by atoms with Crippen LogP contribution in [-0.2, 0) is 11.2 Å². The zero-order valence-corrected chi connectivity index (χ0v) is 13.4. The van der Waals surface area contributed by atoms with Gasteiger partial charge in [-0.3, -0.25) is 4.79 Å². The summed E-state index contributed by atoms with van der Waals surface area (Å²) in [6.07, 6.45) is 0.756. The number of carbonyl (C=O) groups excluding carboxylic acids is 1. The highest BCUT2D eigenvalue weighted by Gasteiger charge is 2.30. The molecule has 0 heterocycles. The van der Waals surface area contributed by atoms with Gasteiger partial charge in [-0.25, -0.2) is 0 Å². The molecular weight excluding hydrogens is 250 g/mol. The van der Waals surface area contributed by atoms with E-state index in [1.165, 1.54) is 0 Å². The Labute approximate surface area is 122 Å². The van der Waals surface area contributed by atoms with Crippen molar-refractivity contribution in [3.63, 3.8) is 0 Å². The zero-order chi connectivity index (χ0) is 15.6. The van der Waals surface area contributed by atoms with Gasteiger partial charge in [-0.1, -0.05) is 53.7 Å². The molecule has 0 bridgehead atoms. The summed E-state index contributed by atoms with van der Waals surface area (Å²) in [5.41, 5.74) is 0.689. The summed E-state index contributed by atoms with van der Waals surface area (Å²) in [5.74, 6) is 0.330. The molecule has 1 unspecified atom stereocenters. The molecule has 1 aromatic carbocycles. The maximum Gasteiger partial charge on any atom is 0.225 e. The van der Waals surface area contributed by atoms with Gasteiger partial charge in [0.15, 0.2) is 0 Å². The normalized spacial score (nSPS) is 13.9. The molecule has 1 atom stereocenters. The lowest BCUT2D eigenvalue weighted by molar-refractivity contribution is -0.130. The molecule has 3 nitrogen and oxygen atoms in total. The van der Waals surface area contributed by atoms with Crippen molar-refractivity contribution in [1.29, 1.82) is 0 Å². The van der Waals surface area contributed by atoms with Gasteiger partial charge in [-0.15, -0.1) is 0 Å². The van der Waals surface area contributed by atoms with Crippen LogP contribution in [0.2, 0.25) is 0 Å². The van der Waals surface area contributed by atoms with Crippen molar-refractivity contribution in [2.75, 3.05) is 0 Å². The average Bonchev–Trinajstić information content (AvgIpc) is 2.28. The molecule has 0 radical (unpaired) electrons. The molecule has 2 N–H and O–H groups in total. The Kier molecular flexibility index (Phi) is 4.85. The quantitative estimate of drug-likeness (QED) is 0.888. The van der Waals surface area contributed by atoms with Gasteiger partial charge in [0.1, 0.15) is 5.75 Å². The number of benzene rings is 1. The minimum absolute atomic E-state index is 0.0290. The standard InChI is InChI=1S/C17H27NO2/c1-16(2,3)14(18-15(20)17(4,5)6)11-12-7-9-13(19)10-8-12/h7-10,14,19H,11H2,1-6H3,(H,18,20). The van der Waals surface area contributed by atoms with E-state index in [9.17, 15) is 9.90 Å². The van der Waals surface area contributed by atoms with Crippen LogP contribution in [-0.4, -0.2) is 17.1 Å². The first-order valence-corrected chi connectivity index (χ1v) is 7.09. The van der Waals surface area contributed by atoms with Crippen LogP contribution in [0.25, 0.3) is 0 Å². The summed E-state index contributed by atoms with van der Waals surface area (Å²) in [6.45, 7) is 12.1. The van der Waals surface area contributed by atoms with Crippen molar-refractivity contribution in [1.82, 2.24) is 5.32 Å². The molecule has 1 rings (SSSR count). The third kappa shape index (κ3) is 4.87.